The Balaban J connectivity index is 1.54. The van der Waals surface area contributed by atoms with E-state index in [1.54, 1.807) is 29.2 Å². The van der Waals surface area contributed by atoms with Gasteiger partial charge in [0.1, 0.15) is 11.6 Å². The molecule has 2 amide bonds. The molecule has 0 spiro atoms. The van der Waals surface area contributed by atoms with Crippen molar-refractivity contribution in [3.8, 4) is 5.75 Å². The number of carbonyl (C=O) groups excluding carboxylic acids is 2. The molecule has 2 aromatic carbocycles. The zero-order chi connectivity index (χ0) is 20.5. The monoisotopic (exact) mass is 395 g/mol. The van der Waals surface area contributed by atoms with Gasteiger partial charge in [-0.3, -0.25) is 9.59 Å². The van der Waals surface area contributed by atoms with Crippen molar-refractivity contribution in [3.05, 3.63) is 53.5 Å². The number of fused-ring (bicyclic) bond motifs is 1. The molecule has 1 aliphatic heterocycles. The van der Waals surface area contributed by atoms with Crippen molar-refractivity contribution < 1.29 is 18.7 Å². The Morgan fingerprint density at radius 2 is 2.10 bits per heavy atom. The van der Waals surface area contributed by atoms with Crippen molar-refractivity contribution in [1.82, 2.24) is 4.98 Å². The predicted molar refractivity (Wildman–Crippen MR) is 110 cm³/mol. The van der Waals surface area contributed by atoms with Gasteiger partial charge in [0.15, 0.2) is 0 Å². The highest BCUT2D eigenvalue weighted by Gasteiger charge is 2.24. The van der Waals surface area contributed by atoms with E-state index in [1.165, 1.54) is 19.2 Å². The fourth-order valence-corrected chi connectivity index (χ4v) is 3.83. The molecule has 2 heterocycles. The van der Waals surface area contributed by atoms with Crippen LogP contribution < -0.4 is 15.0 Å². The van der Waals surface area contributed by atoms with Crippen LogP contribution in [0, 0.1) is 12.7 Å². The first kappa shape index (κ1) is 19.0. The van der Waals surface area contributed by atoms with Gasteiger partial charge in [0.2, 0.25) is 11.8 Å². The summed E-state index contributed by atoms with van der Waals surface area (Å²) in [5.74, 6) is 0.0470. The maximum Gasteiger partial charge on any atom is 0.228 e. The molecule has 6 nitrogen and oxygen atoms in total. The Morgan fingerprint density at radius 3 is 2.83 bits per heavy atom. The van der Waals surface area contributed by atoms with E-state index in [-0.39, 0.29) is 24.1 Å². The third kappa shape index (κ3) is 3.68. The lowest BCUT2D eigenvalue weighted by Crippen LogP contribution is -2.24. The first-order valence-corrected chi connectivity index (χ1v) is 9.51. The summed E-state index contributed by atoms with van der Waals surface area (Å²) in [6.45, 7) is 2.53. The average molecular weight is 395 g/mol. The fraction of sp³-hybridized carbons (Fsp3) is 0.273. The summed E-state index contributed by atoms with van der Waals surface area (Å²) in [6.07, 6.45) is 1.47. The quantitative estimate of drug-likeness (QED) is 0.687. The molecular formula is C22H22FN3O3. The van der Waals surface area contributed by atoms with Gasteiger partial charge in [-0.15, -0.1) is 0 Å². The zero-order valence-corrected chi connectivity index (χ0v) is 16.3. The van der Waals surface area contributed by atoms with Crippen LogP contribution in [0.1, 0.15) is 24.1 Å². The minimum Gasteiger partial charge on any atom is -0.494 e. The summed E-state index contributed by atoms with van der Waals surface area (Å²) in [4.78, 5) is 29.5. The smallest absolute Gasteiger partial charge is 0.228 e. The Hall–Kier alpha value is -3.35. The van der Waals surface area contributed by atoms with Crippen molar-refractivity contribution in [1.29, 1.82) is 0 Å². The first-order valence-electron chi connectivity index (χ1n) is 9.51. The number of aromatic amines is 1. The van der Waals surface area contributed by atoms with Crippen LogP contribution in [0.2, 0.25) is 0 Å². The molecule has 150 valence electrons. The van der Waals surface area contributed by atoms with Gasteiger partial charge in [0, 0.05) is 41.3 Å². The van der Waals surface area contributed by atoms with Crippen LogP contribution in [-0.4, -0.2) is 30.5 Å². The molecular weight excluding hydrogens is 373 g/mol. The lowest BCUT2D eigenvalue weighted by atomic mass is 10.1. The molecule has 1 saturated heterocycles. The number of halogens is 1. The van der Waals surface area contributed by atoms with Gasteiger partial charge < -0.3 is 19.9 Å². The summed E-state index contributed by atoms with van der Waals surface area (Å²) < 4.78 is 19.1. The summed E-state index contributed by atoms with van der Waals surface area (Å²) in [7, 11) is 1.54. The predicted octanol–water partition coefficient (Wildman–Crippen LogP) is 3.93. The van der Waals surface area contributed by atoms with E-state index in [4.69, 9.17) is 4.74 Å². The van der Waals surface area contributed by atoms with E-state index in [0.717, 1.165) is 23.2 Å². The minimum atomic E-state index is -0.338. The third-order valence-corrected chi connectivity index (χ3v) is 5.25. The summed E-state index contributed by atoms with van der Waals surface area (Å²) in [5.41, 5.74) is 3.68. The summed E-state index contributed by atoms with van der Waals surface area (Å²) in [5, 5.41) is 3.57. The molecule has 29 heavy (non-hydrogen) atoms. The number of nitrogens with zero attached hydrogens (tertiary/aromatic N) is 1. The molecule has 7 heteroatoms. The molecule has 0 unspecified atom stereocenters. The number of benzene rings is 2. The summed E-state index contributed by atoms with van der Waals surface area (Å²) in [6, 6.07) is 9.74. The lowest BCUT2D eigenvalue weighted by molar-refractivity contribution is -0.117. The normalized spacial score (nSPS) is 13.9. The molecule has 0 radical (unpaired) electrons. The number of anilines is 2. The van der Waals surface area contributed by atoms with Gasteiger partial charge in [0.25, 0.3) is 0 Å². The second kappa shape index (κ2) is 7.58. The Bertz CT molecular complexity index is 1110. The standard InChI is InChI=1S/C22H22FN3O3/c1-13-16(17-10-14(23)5-7-18(17)24-13)12-21(27)25-15-6-8-19(20(11-15)29-2)26-9-3-4-22(26)28/h5-8,10-11,24H,3-4,9,12H2,1-2H3,(H,25,27). The number of aryl methyl sites for hydroxylation is 1. The zero-order valence-electron chi connectivity index (χ0n) is 16.3. The topological polar surface area (TPSA) is 74.4 Å². The van der Waals surface area contributed by atoms with E-state index in [9.17, 15) is 14.0 Å². The number of aromatic nitrogens is 1. The van der Waals surface area contributed by atoms with Crippen LogP contribution in [0.3, 0.4) is 0 Å². The number of methoxy groups -OCH3 is 1. The fourth-order valence-electron chi connectivity index (χ4n) is 3.83. The van der Waals surface area contributed by atoms with Crippen molar-refractivity contribution in [2.24, 2.45) is 0 Å². The van der Waals surface area contributed by atoms with Crippen molar-refractivity contribution >= 4 is 34.1 Å². The van der Waals surface area contributed by atoms with E-state index >= 15 is 0 Å². The second-order valence-electron chi connectivity index (χ2n) is 7.18. The number of carbonyl (C=O) groups is 2. The SMILES string of the molecule is COc1cc(NC(=O)Cc2c(C)[nH]c3ccc(F)cc23)ccc1N1CCCC1=O. The van der Waals surface area contributed by atoms with Gasteiger partial charge in [-0.1, -0.05) is 0 Å². The van der Waals surface area contributed by atoms with Gasteiger partial charge in [-0.25, -0.2) is 4.39 Å². The lowest BCUT2D eigenvalue weighted by Gasteiger charge is -2.19. The molecule has 0 bridgehead atoms. The Kier molecular flexibility index (Phi) is 4.96. The van der Waals surface area contributed by atoms with E-state index in [2.05, 4.69) is 10.3 Å². The largest absolute Gasteiger partial charge is 0.494 e. The van der Waals surface area contributed by atoms with Crippen LogP contribution in [0.25, 0.3) is 10.9 Å². The Labute approximate surface area is 167 Å². The van der Waals surface area contributed by atoms with Crippen LogP contribution in [0.5, 0.6) is 5.75 Å². The van der Waals surface area contributed by atoms with E-state index in [1.807, 2.05) is 6.92 Å². The maximum atomic E-state index is 13.6. The van der Waals surface area contributed by atoms with Crippen LogP contribution >= 0.6 is 0 Å². The number of nitrogens with one attached hydrogen (secondary N) is 2. The van der Waals surface area contributed by atoms with Crippen molar-refractivity contribution in [2.45, 2.75) is 26.2 Å². The molecule has 1 fully saturated rings. The van der Waals surface area contributed by atoms with Crippen LogP contribution in [-0.2, 0) is 16.0 Å². The molecule has 1 aromatic heterocycles. The molecule has 4 rings (SSSR count). The maximum absolute atomic E-state index is 13.6. The van der Waals surface area contributed by atoms with Gasteiger partial charge in [0.05, 0.1) is 19.2 Å². The highest BCUT2D eigenvalue weighted by atomic mass is 19.1. The van der Waals surface area contributed by atoms with Gasteiger partial charge in [-0.05, 0) is 49.2 Å². The molecule has 0 aliphatic carbocycles. The van der Waals surface area contributed by atoms with Crippen molar-refractivity contribution in [3.63, 3.8) is 0 Å². The third-order valence-electron chi connectivity index (χ3n) is 5.25. The number of ether oxygens (including phenoxy) is 1. The molecule has 3 aromatic rings. The molecule has 2 N–H and O–H groups in total. The first-order chi connectivity index (χ1) is 14.0. The van der Waals surface area contributed by atoms with Gasteiger partial charge >= 0.3 is 0 Å². The Morgan fingerprint density at radius 1 is 1.28 bits per heavy atom. The number of rotatable bonds is 5. The van der Waals surface area contributed by atoms with Gasteiger partial charge in [-0.2, -0.15) is 0 Å². The second-order valence-corrected chi connectivity index (χ2v) is 7.18. The number of hydrogen-bond donors (Lipinski definition) is 2. The van der Waals surface area contributed by atoms with Crippen molar-refractivity contribution in [2.75, 3.05) is 23.9 Å². The molecule has 0 atom stereocenters. The van der Waals surface area contributed by atoms with E-state index < -0.39 is 0 Å². The average Bonchev–Trinajstić information content (AvgIpc) is 3.25. The number of H-pyrrole nitrogens is 1. The highest BCUT2D eigenvalue weighted by Crippen LogP contribution is 2.34. The summed E-state index contributed by atoms with van der Waals surface area (Å²) >= 11 is 0. The molecule has 1 aliphatic rings. The van der Waals surface area contributed by atoms with E-state index in [0.29, 0.717) is 35.5 Å². The molecule has 0 saturated carbocycles. The highest BCUT2D eigenvalue weighted by molar-refractivity contribution is 5.99. The number of amides is 2. The minimum absolute atomic E-state index is 0.0714. The number of hydrogen-bond acceptors (Lipinski definition) is 3. The van der Waals surface area contributed by atoms with Crippen LogP contribution in [0.15, 0.2) is 36.4 Å². The van der Waals surface area contributed by atoms with Crippen LogP contribution in [0.4, 0.5) is 15.8 Å².